The molecule has 1 aromatic carbocycles. The van der Waals surface area contributed by atoms with Gasteiger partial charge in [0.25, 0.3) is 5.91 Å². The van der Waals surface area contributed by atoms with Crippen molar-refractivity contribution in [3.05, 3.63) is 34.9 Å². The monoisotopic (exact) mass is 352 g/mol. The van der Waals surface area contributed by atoms with E-state index < -0.39 is 0 Å². The molecule has 0 aliphatic heterocycles. The minimum absolute atomic E-state index is 0.0468. The van der Waals surface area contributed by atoms with Gasteiger partial charge in [0, 0.05) is 23.7 Å². The highest BCUT2D eigenvalue weighted by Gasteiger charge is 2.13. The lowest BCUT2D eigenvalue weighted by Gasteiger charge is -2.21. The van der Waals surface area contributed by atoms with Crippen LogP contribution in [0.2, 0.25) is 5.02 Å². The average molecular weight is 353 g/mol. The molecule has 1 aliphatic carbocycles. The molecule has 0 aromatic heterocycles. The van der Waals surface area contributed by atoms with Crippen molar-refractivity contribution in [3.8, 4) is 0 Å². The van der Waals surface area contributed by atoms with Crippen LogP contribution in [0.4, 0.5) is 0 Å². The Morgan fingerprint density at radius 3 is 2.71 bits per heavy atom. The van der Waals surface area contributed by atoms with Crippen LogP contribution in [0.15, 0.2) is 24.3 Å². The van der Waals surface area contributed by atoms with Gasteiger partial charge in [-0.25, -0.2) is 0 Å². The van der Waals surface area contributed by atoms with E-state index >= 15 is 0 Å². The Balaban J connectivity index is 1.54. The minimum atomic E-state index is -0.312. The van der Waals surface area contributed by atoms with Gasteiger partial charge in [0.05, 0.1) is 12.6 Å². The van der Waals surface area contributed by atoms with Crippen LogP contribution in [-0.4, -0.2) is 37.6 Å². The third-order valence-electron chi connectivity index (χ3n) is 4.05. The molecule has 0 spiro atoms. The van der Waals surface area contributed by atoms with Gasteiger partial charge < -0.3 is 15.4 Å². The third-order valence-corrected chi connectivity index (χ3v) is 4.28. The van der Waals surface area contributed by atoms with Gasteiger partial charge in [0.2, 0.25) is 5.91 Å². The number of nitrogens with one attached hydrogen (secondary N) is 2. The highest BCUT2D eigenvalue weighted by molar-refractivity contribution is 6.30. The van der Waals surface area contributed by atoms with E-state index in [1.165, 1.54) is 19.3 Å². The van der Waals surface area contributed by atoms with Gasteiger partial charge in [-0.15, -0.1) is 0 Å². The van der Waals surface area contributed by atoms with Gasteiger partial charge in [0.1, 0.15) is 0 Å². The van der Waals surface area contributed by atoms with Crippen LogP contribution in [0.25, 0.3) is 0 Å². The van der Waals surface area contributed by atoms with Crippen molar-refractivity contribution < 1.29 is 14.3 Å². The molecule has 0 radical (unpaired) electrons. The minimum Gasteiger partial charge on any atom is -0.378 e. The summed E-state index contributed by atoms with van der Waals surface area (Å²) in [6.07, 6.45) is 7.32. The summed E-state index contributed by atoms with van der Waals surface area (Å²) in [6, 6.07) is 6.61. The molecular weight excluding hydrogens is 328 g/mol. The molecule has 0 unspecified atom stereocenters. The standard InChI is InChI=1S/C18H25ClN2O3/c19-15-7-4-6-14(12-15)18(23)21-13-17(22)20-10-5-11-24-16-8-2-1-3-9-16/h4,6-7,12,16H,1-3,5,8-11,13H2,(H,20,22)(H,21,23). The summed E-state index contributed by atoms with van der Waals surface area (Å²) in [5, 5.41) is 5.85. The Kier molecular flexibility index (Phi) is 8.05. The molecule has 0 bridgehead atoms. The summed E-state index contributed by atoms with van der Waals surface area (Å²) in [4.78, 5) is 23.6. The van der Waals surface area contributed by atoms with Crippen LogP contribution in [0.3, 0.4) is 0 Å². The smallest absolute Gasteiger partial charge is 0.251 e. The van der Waals surface area contributed by atoms with Crippen molar-refractivity contribution >= 4 is 23.4 Å². The van der Waals surface area contributed by atoms with Crippen LogP contribution in [0, 0.1) is 0 Å². The molecule has 2 amide bonds. The zero-order chi connectivity index (χ0) is 17.2. The number of carbonyl (C=O) groups is 2. The van der Waals surface area contributed by atoms with Crippen LogP contribution >= 0.6 is 11.6 Å². The summed E-state index contributed by atoms with van der Waals surface area (Å²) >= 11 is 5.83. The molecule has 0 saturated heterocycles. The maximum atomic E-state index is 11.9. The number of carbonyl (C=O) groups excluding carboxylic acids is 2. The first kappa shape index (κ1) is 18.7. The summed E-state index contributed by atoms with van der Waals surface area (Å²) in [5.74, 6) is -0.517. The molecule has 2 N–H and O–H groups in total. The fourth-order valence-corrected chi connectivity index (χ4v) is 2.93. The van der Waals surface area contributed by atoms with Gasteiger partial charge in [-0.1, -0.05) is 36.9 Å². The molecule has 0 heterocycles. The van der Waals surface area contributed by atoms with Gasteiger partial charge in [-0.05, 0) is 37.5 Å². The predicted molar refractivity (Wildman–Crippen MR) is 94.2 cm³/mol. The van der Waals surface area contributed by atoms with Gasteiger partial charge >= 0.3 is 0 Å². The lowest BCUT2D eigenvalue weighted by molar-refractivity contribution is -0.120. The van der Waals surface area contributed by atoms with Crippen LogP contribution in [0.5, 0.6) is 0 Å². The zero-order valence-corrected chi connectivity index (χ0v) is 14.6. The molecule has 24 heavy (non-hydrogen) atoms. The van der Waals surface area contributed by atoms with E-state index in [0.717, 1.165) is 19.3 Å². The van der Waals surface area contributed by atoms with E-state index in [9.17, 15) is 9.59 Å². The Hall–Kier alpha value is -1.59. The molecule has 6 heteroatoms. The van der Waals surface area contributed by atoms with Crippen molar-refractivity contribution in [1.29, 1.82) is 0 Å². The second-order valence-corrected chi connectivity index (χ2v) is 6.46. The van der Waals surface area contributed by atoms with E-state index in [4.69, 9.17) is 16.3 Å². The lowest BCUT2D eigenvalue weighted by Crippen LogP contribution is -2.37. The Morgan fingerprint density at radius 1 is 1.17 bits per heavy atom. The maximum Gasteiger partial charge on any atom is 0.251 e. The number of rotatable bonds is 8. The van der Waals surface area contributed by atoms with E-state index in [0.29, 0.717) is 29.8 Å². The van der Waals surface area contributed by atoms with Gasteiger partial charge in [-0.3, -0.25) is 9.59 Å². The first-order valence-corrected chi connectivity index (χ1v) is 8.95. The van der Waals surface area contributed by atoms with Crippen molar-refractivity contribution in [2.75, 3.05) is 19.7 Å². The Morgan fingerprint density at radius 2 is 1.96 bits per heavy atom. The normalized spacial score (nSPS) is 15.0. The molecule has 1 saturated carbocycles. The zero-order valence-electron chi connectivity index (χ0n) is 13.9. The van der Waals surface area contributed by atoms with Crippen molar-refractivity contribution in [3.63, 3.8) is 0 Å². The number of halogens is 1. The average Bonchev–Trinajstić information content (AvgIpc) is 2.60. The summed E-state index contributed by atoms with van der Waals surface area (Å²) in [6.45, 7) is 1.17. The van der Waals surface area contributed by atoms with E-state index in [2.05, 4.69) is 10.6 Å². The van der Waals surface area contributed by atoms with E-state index in [1.807, 2.05) is 0 Å². The SMILES string of the molecule is O=C(CNC(=O)c1cccc(Cl)c1)NCCCOC1CCCCC1. The first-order chi connectivity index (χ1) is 11.6. The van der Waals surface area contributed by atoms with Crippen LogP contribution in [0.1, 0.15) is 48.9 Å². The molecule has 1 aromatic rings. The summed E-state index contributed by atoms with van der Waals surface area (Å²) in [5.41, 5.74) is 0.441. The van der Waals surface area contributed by atoms with Crippen molar-refractivity contribution in [1.82, 2.24) is 10.6 Å². The van der Waals surface area contributed by atoms with E-state index in [1.54, 1.807) is 24.3 Å². The first-order valence-electron chi connectivity index (χ1n) is 8.57. The highest BCUT2D eigenvalue weighted by Crippen LogP contribution is 2.20. The molecule has 132 valence electrons. The molecule has 1 fully saturated rings. The van der Waals surface area contributed by atoms with Crippen LogP contribution in [-0.2, 0) is 9.53 Å². The van der Waals surface area contributed by atoms with Crippen molar-refractivity contribution in [2.24, 2.45) is 0 Å². The van der Waals surface area contributed by atoms with Crippen LogP contribution < -0.4 is 10.6 Å². The number of benzene rings is 1. The molecule has 1 aliphatic rings. The number of ether oxygens (including phenoxy) is 1. The predicted octanol–water partition coefficient (Wildman–Crippen LogP) is 2.93. The fourth-order valence-electron chi connectivity index (χ4n) is 2.74. The fraction of sp³-hybridized carbons (Fsp3) is 0.556. The van der Waals surface area contributed by atoms with E-state index in [-0.39, 0.29) is 18.4 Å². The van der Waals surface area contributed by atoms with Gasteiger partial charge in [0.15, 0.2) is 0 Å². The van der Waals surface area contributed by atoms with Gasteiger partial charge in [-0.2, -0.15) is 0 Å². The number of hydrogen-bond donors (Lipinski definition) is 2. The number of hydrogen-bond acceptors (Lipinski definition) is 3. The Labute approximate surface area is 148 Å². The second kappa shape index (κ2) is 10.3. The second-order valence-electron chi connectivity index (χ2n) is 6.03. The molecular formula is C18H25ClN2O3. The maximum absolute atomic E-state index is 11.9. The molecule has 0 atom stereocenters. The summed E-state index contributed by atoms with van der Waals surface area (Å²) in [7, 11) is 0. The van der Waals surface area contributed by atoms with Crippen molar-refractivity contribution in [2.45, 2.75) is 44.6 Å². The largest absolute Gasteiger partial charge is 0.378 e. The number of amides is 2. The lowest BCUT2D eigenvalue weighted by atomic mass is 9.98. The topological polar surface area (TPSA) is 67.4 Å². The molecule has 2 rings (SSSR count). The third kappa shape index (κ3) is 6.89. The summed E-state index contributed by atoms with van der Waals surface area (Å²) < 4.78 is 5.80. The highest BCUT2D eigenvalue weighted by atomic mass is 35.5. The quantitative estimate of drug-likeness (QED) is 0.707. The molecule has 5 nitrogen and oxygen atoms in total. The Bertz CT molecular complexity index is 545.